The second-order valence-corrected chi connectivity index (χ2v) is 7.48. The van der Waals surface area contributed by atoms with Gasteiger partial charge in [0.05, 0.1) is 5.69 Å². The molecule has 1 aromatic carbocycles. The van der Waals surface area contributed by atoms with Crippen molar-refractivity contribution in [3.63, 3.8) is 0 Å². The number of rotatable bonds is 3. The molecule has 26 heavy (non-hydrogen) atoms. The number of halogens is 1. The van der Waals surface area contributed by atoms with Gasteiger partial charge in [0.2, 0.25) is 6.41 Å². The van der Waals surface area contributed by atoms with Crippen LogP contribution < -0.4 is 0 Å². The third kappa shape index (κ3) is 2.98. The minimum absolute atomic E-state index is 0.0187. The molecule has 0 atom stereocenters. The van der Waals surface area contributed by atoms with Gasteiger partial charge >= 0.3 is 0 Å². The van der Waals surface area contributed by atoms with Gasteiger partial charge < -0.3 is 9.80 Å². The molecule has 1 spiro atoms. The summed E-state index contributed by atoms with van der Waals surface area (Å²) in [5.41, 5.74) is 1.20. The normalized spacial score (nSPS) is 19.1. The monoisotopic (exact) mass is 372 g/mol. The summed E-state index contributed by atoms with van der Waals surface area (Å²) in [6, 6.07) is 9.11. The van der Waals surface area contributed by atoms with Crippen molar-refractivity contribution >= 4 is 23.9 Å². The Morgan fingerprint density at radius 2 is 1.81 bits per heavy atom. The molecule has 0 unspecified atom stereocenters. The quantitative estimate of drug-likeness (QED) is 0.778. The summed E-state index contributed by atoms with van der Waals surface area (Å²) in [6.45, 7) is 2.19. The number of piperidine rings is 1. The Kier molecular flexibility index (Phi) is 4.44. The van der Waals surface area contributed by atoms with Gasteiger partial charge in [-0.25, -0.2) is 4.68 Å². The number of likely N-dealkylation sites (tertiary alicyclic amines) is 2. The maximum atomic E-state index is 13.1. The molecule has 0 bridgehead atoms. The molecule has 7 heteroatoms. The first-order valence-electron chi connectivity index (χ1n) is 8.94. The van der Waals surface area contributed by atoms with Crippen LogP contribution >= 0.6 is 11.6 Å². The van der Waals surface area contributed by atoms with E-state index >= 15 is 0 Å². The van der Waals surface area contributed by atoms with Crippen LogP contribution in [0.3, 0.4) is 0 Å². The predicted molar refractivity (Wildman–Crippen MR) is 98.4 cm³/mol. The zero-order valence-corrected chi connectivity index (χ0v) is 15.2. The highest BCUT2D eigenvalue weighted by molar-refractivity contribution is 6.30. The van der Waals surface area contributed by atoms with Crippen LogP contribution in [0.5, 0.6) is 0 Å². The van der Waals surface area contributed by atoms with E-state index in [1.807, 2.05) is 17.0 Å². The average Bonchev–Trinajstić information content (AvgIpc) is 3.30. The molecule has 2 aliphatic rings. The van der Waals surface area contributed by atoms with Crippen LogP contribution in [-0.2, 0) is 4.79 Å². The van der Waals surface area contributed by atoms with Crippen LogP contribution in [0.4, 0.5) is 0 Å². The lowest BCUT2D eigenvalue weighted by molar-refractivity contribution is -0.120. The number of amides is 2. The number of aromatic nitrogens is 2. The highest BCUT2D eigenvalue weighted by atomic mass is 35.5. The van der Waals surface area contributed by atoms with E-state index in [0.29, 0.717) is 23.8 Å². The largest absolute Gasteiger partial charge is 0.345 e. The van der Waals surface area contributed by atoms with E-state index in [2.05, 4.69) is 5.10 Å². The van der Waals surface area contributed by atoms with Gasteiger partial charge in [0.25, 0.3) is 5.91 Å². The fourth-order valence-electron chi connectivity index (χ4n) is 4.13. The Morgan fingerprint density at radius 1 is 1.08 bits per heavy atom. The maximum absolute atomic E-state index is 13.1. The summed E-state index contributed by atoms with van der Waals surface area (Å²) in [5.74, 6) is -0.0187. The minimum atomic E-state index is -0.124. The second-order valence-electron chi connectivity index (χ2n) is 7.05. The minimum Gasteiger partial charge on any atom is -0.345 e. The van der Waals surface area contributed by atoms with Crippen molar-refractivity contribution in [2.75, 3.05) is 19.6 Å². The van der Waals surface area contributed by atoms with Crippen LogP contribution in [0.1, 0.15) is 36.2 Å². The molecule has 0 aliphatic carbocycles. The van der Waals surface area contributed by atoms with E-state index in [1.165, 1.54) is 0 Å². The first-order chi connectivity index (χ1) is 12.6. The molecule has 2 aromatic rings. The standard InChI is InChI=1S/C19H21ClN4O2/c20-15-2-4-16(5-3-15)24-11-6-17(21-24)18(26)23-10-1-7-19(23)8-12-22(14-25)13-9-19/h2-6,11,14H,1,7-10,12-13H2. The molecule has 2 aliphatic heterocycles. The summed E-state index contributed by atoms with van der Waals surface area (Å²) >= 11 is 5.93. The maximum Gasteiger partial charge on any atom is 0.274 e. The Morgan fingerprint density at radius 3 is 2.50 bits per heavy atom. The fourth-order valence-corrected chi connectivity index (χ4v) is 4.26. The predicted octanol–water partition coefficient (Wildman–Crippen LogP) is 2.75. The van der Waals surface area contributed by atoms with Gasteiger partial charge in [-0.1, -0.05) is 11.6 Å². The van der Waals surface area contributed by atoms with E-state index in [-0.39, 0.29) is 11.4 Å². The summed E-state index contributed by atoms with van der Waals surface area (Å²) in [5, 5.41) is 5.14. The number of nitrogens with zero attached hydrogens (tertiary/aromatic N) is 4. The highest BCUT2D eigenvalue weighted by Gasteiger charge is 2.45. The van der Waals surface area contributed by atoms with Crippen molar-refractivity contribution in [3.05, 3.63) is 47.2 Å². The van der Waals surface area contributed by atoms with E-state index in [9.17, 15) is 9.59 Å². The zero-order valence-electron chi connectivity index (χ0n) is 14.5. The molecule has 2 saturated heterocycles. The summed E-state index contributed by atoms with van der Waals surface area (Å²) in [6.07, 6.45) is 6.40. The molecular weight excluding hydrogens is 352 g/mol. The number of carbonyl (C=O) groups excluding carboxylic acids is 2. The molecule has 0 saturated carbocycles. The number of benzene rings is 1. The first kappa shape index (κ1) is 17.1. The van der Waals surface area contributed by atoms with E-state index in [1.54, 1.807) is 34.0 Å². The van der Waals surface area contributed by atoms with E-state index < -0.39 is 0 Å². The van der Waals surface area contributed by atoms with Crippen molar-refractivity contribution < 1.29 is 9.59 Å². The van der Waals surface area contributed by atoms with Crippen molar-refractivity contribution in [1.29, 1.82) is 0 Å². The van der Waals surface area contributed by atoms with E-state index in [0.717, 1.165) is 44.3 Å². The Labute approximate surface area is 157 Å². The third-order valence-electron chi connectivity index (χ3n) is 5.62. The van der Waals surface area contributed by atoms with Gasteiger partial charge in [0.1, 0.15) is 0 Å². The molecule has 2 amide bonds. The Bertz CT molecular complexity index is 809. The number of carbonyl (C=O) groups is 2. The van der Waals surface area contributed by atoms with Gasteiger partial charge in [-0.2, -0.15) is 5.10 Å². The fraction of sp³-hybridized carbons (Fsp3) is 0.421. The number of hydrogen-bond donors (Lipinski definition) is 0. The molecular formula is C19H21ClN4O2. The molecule has 3 heterocycles. The molecule has 2 fully saturated rings. The number of hydrogen-bond acceptors (Lipinski definition) is 3. The first-order valence-corrected chi connectivity index (χ1v) is 9.32. The van der Waals surface area contributed by atoms with Gasteiger partial charge in [-0.15, -0.1) is 0 Å². The average molecular weight is 373 g/mol. The lowest BCUT2D eigenvalue weighted by atomic mass is 9.85. The topological polar surface area (TPSA) is 58.4 Å². The molecule has 0 N–H and O–H groups in total. The lowest BCUT2D eigenvalue weighted by Gasteiger charge is -2.43. The van der Waals surface area contributed by atoms with Gasteiger partial charge in [-0.3, -0.25) is 9.59 Å². The molecule has 0 radical (unpaired) electrons. The smallest absolute Gasteiger partial charge is 0.274 e. The summed E-state index contributed by atoms with van der Waals surface area (Å²) < 4.78 is 1.70. The lowest BCUT2D eigenvalue weighted by Crippen LogP contribution is -2.53. The van der Waals surface area contributed by atoms with Crippen molar-refractivity contribution in [1.82, 2.24) is 19.6 Å². The molecule has 136 valence electrons. The second kappa shape index (κ2) is 6.76. The highest BCUT2D eigenvalue weighted by Crippen LogP contribution is 2.39. The van der Waals surface area contributed by atoms with Crippen molar-refractivity contribution in [2.24, 2.45) is 0 Å². The van der Waals surface area contributed by atoms with Crippen LogP contribution in [-0.4, -0.2) is 57.1 Å². The van der Waals surface area contributed by atoms with Gasteiger partial charge in [0.15, 0.2) is 5.69 Å². The Hall–Kier alpha value is -2.34. The van der Waals surface area contributed by atoms with Crippen LogP contribution in [0.15, 0.2) is 36.5 Å². The van der Waals surface area contributed by atoms with Crippen LogP contribution in [0, 0.1) is 0 Å². The van der Waals surface area contributed by atoms with Crippen LogP contribution in [0.2, 0.25) is 5.02 Å². The molecule has 6 nitrogen and oxygen atoms in total. The summed E-state index contributed by atoms with van der Waals surface area (Å²) in [7, 11) is 0. The van der Waals surface area contributed by atoms with Gasteiger partial charge in [-0.05, 0) is 56.0 Å². The van der Waals surface area contributed by atoms with E-state index in [4.69, 9.17) is 11.6 Å². The van der Waals surface area contributed by atoms with Crippen LogP contribution in [0.25, 0.3) is 5.69 Å². The molecule has 1 aromatic heterocycles. The zero-order chi connectivity index (χ0) is 18.1. The third-order valence-corrected chi connectivity index (χ3v) is 5.87. The SMILES string of the molecule is O=CN1CCC2(CCCN2C(=O)c2ccn(-c3ccc(Cl)cc3)n2)CC1. The molecule has 4 rings (SSSR count). The Balaban J connectivity index is 1.54. The van der Waals surface area contributed by atoms with Crippen molar-refractivity contribution in [2.45, 2.75) is 31.2 Å². The summed E-state index contributed by atoms with van der Waals surface area (Å²) in [4.78, 5) is 27.9. The van der Waals surface area contributed by atoms with Crippen molar-refractivity contribution in [3.8, 4) is 5.69 Å². The van der Waals surface area contributed by atoms with Gasteiger partial charge in [0, 0.05) is 36.4 Å².